The van der Waals surface area contributed by atoms with E-state index in [0.29, 0.717) is 0 Å². The van der Waals surface area contributed by atoms with E-state index in [1.807, 2.05) is 6.08 Å². The number of allylic oxidation sites excluding steroid dienone is 2. The van der Waals surface area contributed by atoms with Crippen LogP contribution in [0.4, 0.5) is 0 Å². The lowest BCUT2D eigenvalue weighted by Crippen LogP contribution is -1.69. The first-order valence-corrected chi connectivity index (χ1v) is 4.55. The van der Waals surface area contributed by atoms with E-state index < -0.39 is 0 Å². The Balaban J connectivity index is 3.16. The van der Waals surface area contributed by atoms with Crippen LogP contribution < -0.4 is 0 Å². The Morgan fingerprint density at radius 1 is 1.18 bits per heavy atom. The molecule has 0 saturated heterocycles. The molecule has 0 aromatic carbocycles. The summed E-state index contributed by atoms with van der Waals surface area (Å²) < 4.78 is 0. The fourth-order valence-electron chi connectivity index (χ4n) is 0.815. The maximum absolute atomic E-state index is 3.00. The monoisotopic (exact) mass is 150 g/mol. The Bertz CT molecular complexity index is 143. The molecule has 0 bridgehead atoms. The van der Waals surface area contributed by atoms with Gasteiger partial charge in [0.2, 0.25) is 0 Å². The number of unbranched alkanes of at least 4 members (excludes halogenated alkanes) is 3. The van der Waals surface area contributed by atoms with Gasteiger partial charge >= 0.3 is 0 Å². The van der Waals surface area contributed by atoms with Crippen molar-refractivity contribution in [3.63, 3.8) is 0 Å². The summed E-state index contributed by atoms with van der Waals surface area (Å²) in [5, 5.41) is 0. The zero-order valence-corrected chi connectivity index (χ0v) is 7.69. The van der Waals surface area contributed by atoms with Crippen LogP contribution >= 0.6 is 0 Å². The average Bonchev–Trinajstić information content (AvgIpc) is 2.03. The van der Waals surface area contributed by atoms with Crippen LogP contribution in [0.2, 0.25) is 0 Å². The molecule has 0 aromatic heterocycles. The van der Waals surface area contributed by atoms with Gasteiger partial charge in [0.25, 0.3) is 0 Å². The van der Waals surface area contributed by atoms with E-state index in [4.69, 9.17) is 0 Å². The van der Waals surface area contributed by atoms with Crippen molar-refractivity contribution >= 4 is 0 Å². The lowest BCUT2D eigenvalue weighted by atomic mass is 10.2. The Labute approximate surface area is 70.7 Å². The van der Waals surface area contributed by atoms with E-state index in [2.05, 4.69) is 31.8 Å². The lowest BCUT2D eigenvalue weighted by molar-refractivity contribution is 0.729. The third-order valence-electron chi connectivity index (χ3n) is 1.45. The van der Waals surface area contributed by atoms with Crippen molar-refractivity contribution in [1.29, 1.82) is 0 Å². The van der Waals surface area contributed by atoms with Crippen LogP contribution in [-0.2, 0) is 0 Å². The Morgan fingerprint density at radius 3 is 2.64 bits per heavy atom. The summed E-state index contributed by atoms with van der Waals surface area (Å²) in [6.45, 7) is 4.29. The van der Waals surface area contributed by atoms with E-state index in [9.17, 15) is 0 Å². The van der Waals surface area contributed by atoms with Crippen molar-refractivity contribution in [3.05, 3.63) is 12.2 Å². The summed E-state index contributed by atoms with van der Waals surface area (Å²) in [4.78, 5) is 0. The standard InChI is InChI=1S/C11H18/c1-3-5-7-9-11-10-8-6-4-2/h10-11H,3-5,7,9H2,1-2H3/b11-10-. The van der Waals surface area contributed by atoms with E-state index in [0.717, 1.165) is 6.42 Å². The van der Waals surface area contributed by atoms with E-state index in [-0.39, 0.29) is 0 Å². The molecule has 0 heteroatoms. The molecule has 62 valence electrons. The van der Waals surface area contributed by atoms with Crippen molar-refractivity contribution in [2.45, 2.75) is 46.0 Å². The van der Waals surface area contributed by atoms with E-state index >= 15 is 0 Å². The first kappa shape index (κ1) is 10.3. The van der Waals surface area contributed by atoms with Crippen molar-refractivity contribution in [3.8, 4) is 11.8 Å². The van der Waals surface area contributed by atoms with Crippen molar-refractivity contribution in [1.82, 2.24) is 0 Å². The van der Waals surface area contributed by atoms with E-state index in [1.54, 1.807) is 0 Å². The molecular weight excluding hydrogens is 132 g/mol. The lowest BCUT2D eigenvalue weighted by Gasteiger charge is -1.88. The largest absolute Gasteiger partial charge is 0.0988 e. The fourth-order valence-corrected chi connectivity index (χ4v) is 0.815. The molecule has 0 aliphatic rings. The fraction of sp³-hybridized carbons (Fsp3) is 0.636. The molecule has 0 aliphatic carbocycles. The first-order chi connectivity index (χ1) is 5.41. The molecule has 0 aromatic rings. The van der Waals surface area contributed by atoms with Gasteiger partial charge in [0.1, 0.15) is 0 Å². The topological polar surface area (TPSA) is 0 Å². The zero-order valence-electron chi connectivity index (χ0n) is 7.69. The third-order valence-corrected chi connectivity index (χ3v) is 1.45. The van der Waals surface area contributed by atoms with Crippen LogP contribution in [0.15, 0.2) is 12.2 Å². The van der Waals surface area contributed by atoms with Gasteiger partial charge in [-0.25, -0.2) is 0 Å². The Kier molecular flexibility index (Phi) is 8.71. The maximum Gasteiger partial charge on any atom is 0.00637 e. The van der Waals surface area contributed by atoms with Gasteiger partial charge in [-0.1, -0.05) is 44.6 Å². The molecule has 0 atom stereocenters. The van der Waals surface area contributed by atoms with E-state index in [1.165, 1.54) is 25.7 Å². The summed E-state index contributed by atoms with van der Waals surface area (Å²) in [6.07, 6.45) is 10.2. The summed E-state index contributed by atoms with van der Waals surface area (Å²) in [6, 6.07) is 0. The highest BCUT2D eigenvalue weighted by atomic mass is 13.8. The summed E-state index contributed by atoms with van der Waals surface area (Å²) in [7, 11) is 0. The molecule has 0 aliphatic heterocycles. The predicted octanol–water partition coefficient (Wildman–Crippen LogP) is 3.54. The normalized spacial score (nSPS) is 9.64. The van der Waals surface area contributed by atoms with Crippen LogP contribution in [0.5, 0.6) is 0 Å². The third kappa shape index (κ3) is 9.30. The van der Waals surface area contributed by atoms with Gasteiger partial charge < -0.3 is 0 Å². The highest BCUT2D eigenvalue weighted by molar-refractivity contribution is 5.14. The number of hydrogen-bond acceptors (Lipinski definition) is 0. The van der Waals surface area contributed by atoms with Gasteiger partial charge in [0.05, 0.1) is 0 Å². The molecule has 0 fully saturated rings. The first-order valence-electron chi connectivity index (χ1n) is 4.55. The second-order valence-corrected chi connectivity index (χ2v) is 2.57. The SMILES string of the molecule is CCC#C/C=C\CCCCC. The molecule has 0 rings (SSSR count). The quantitative estimate of drug-likeness (QED) is 0.425. The van der Waals surface area contributed by atoms with Crippen LogP contribution in [-0.4, -0.2) is 0 Å². The van der Waals surface area contributed by atoms with Crippen molar-refractivity contribution < 1.29 is 0 Å². The minimum Gasteiger partial charge on any atom is -0.0988 e. The van der Waals surface area contributed by atoms with Crippen molar-refractivity contribution in [2.24, 2.45) is 0 Å². The summed E-state index contributed by atoms with van der Waals surface area (Å²) in [5.74, 6) is 5.98. The van der Waals surface area contributed by atoms with Gasteiger partial charge in [0.15, 0.2) is 0 Å². The molecule has 11 heavy (non-hydrogen) atoms. The van der Waals surface area contributed by atoms with Crippen LogP contribution in [0.1, 0.15) is 46.0 Å². The number of hydrogen-bond donors (Lipinski definition) is 0. The second-order valence-electron chi connectivity index (χ2n) is 2.57. The molecular formula is C11H18. The van der Waals surface area contributed by atoms with Crippen LogP contribution in [0.25, 0.3) is 0 Å². The van der Waals surface area contributed by atoms with Gasteiger partial charge in [-0.15, -0.1) is 0 Å². The summed E-state index contributed by atoms with van der Waals surface area (Å²) in [5.41, 5.74) is 0. The van der Waals surface area contributed by atoms with Gasteiger partial charge in [-0.05, 0) is 18.9 Å². The minimum absolute atomic E-state index is 0.958. The zero-order chi connectivity index (χ0) is 8.36. The smallest absolute Gasteiger partial charge is 0.00637 e. The highest BCUT2D eigenvalue weighted by Gasteiger charge is 1.79. The van der Waals surface area contributed by atoms with Crippen LogP contribution in [0, 0.1) is 11.8 Å². The Morgan fingerprint density at radius 2 is 2.00 bits per heavy atom. The molecule has 0 heterocycles. The average molecular weight is 150 g/mol. The molecule has 0 N–H and O–H groups in total. The Hall–Kier alpha value is -0.700. The van der Waals surface area contributed by atoms with Crippen molar-refractivity contribution in [2.75, 3.05) is 0 Å². The predicted molar refractivity (Wildman–Crippen MR) is 51.3 cm³/mol. The molecule has 0 spiro atoms. The summed E-state index contributed by atoms with van der Waals surface area (Å²) >= 11 is 0. The molecule has 0 unspecified atom stereocenters. The van der Waals surface area contributed by atoms with Gasteiger partial charge in [-0.2, -0.15) is 0 Å². The molecule has 0 nitrogen and oxygen atoms in total. The highest BCUT2D eigenvalue weighted by Crippen LogP contribution is 1.98. The molecule has 0 radical (unpaired) electrons. The van der Waals surface area contributed by atoms with Crippen LogP contribution in [0.3, 0.4) is 0 Å². The van der Waals surface area contributed by atoms with Gasteiger partial charge in [0, 0.05) is 6.42 Å². The maximum atomic E-state index is 3.00. The minimum atomic E-state index is 0.958. The number of rotatable bonds is 4. The molecule has 0 amide bonds. The second kappa shape index (κ2) is 9.30. The van der Waals surface area contributed by atoms with Gasteiger partial charge in [-0.3, -0.25) is 0 Å². The molecule has 0 saturated carbocycles.